The molecule has 0 bridgehead atoms. The lowest BCUT2D eigenvalue weighted by Crippen LogP contribution is -2.38. The summed E-state index contributed by atoms with van der Waals surface area (Å²) in [6.45, 7) is 2.70. The third kappa shape index (κ3) is 1.91. The molecule has 2 N–H and O–H groups in total. The van der Waals surface area contributed by atoms with Gasteiger partial charge in [0.25, 0.3) is 5.56 Å². The minimum Gasteiger partial charge on any atom is -0.508 e. The fourth-order valence-electron chi connectivity index (χ4n) is 2.04. The number of fused-ring (bicyclic) bond motifs is 1. The van der Waals surface area contributed by atoms with Crippen LogP contribution in [0.25, 0.3) is 10.9 Å². The van der Waals surface area contributed by atoms with Crippen molar-refractivity contribution in [2.45, 2.75) is 0 Å². The maximum atomic E-state index is 11.9. The Morgan fingerprint density at radius 2 is 2.11 bits per heavy atom. The SMILES string of the molecule is O=c1[nH]c(N2CCOCC2)nc2ccc(O)cc12. The van der Waals surface area contributed by atoms with Crippen molar-refractivity contribution < 1.29 is 9.84 Å². The smallest absolute Gasteiger partial charge is 0.260 e. The molecule has 0 unspecified atom stereocenters. The second-order valence-electron chi connectivity index (χ2n) is 4.19. The van der Waals surface area contributed by atoms with E-state index in [9.17, 15) is 9.90 Å². The summed E-state index contributed by atoms with van der Waals surface area (Å²) in [7, 11) is 0. The molecule has 0 radical (unpaired) electrons. The molecule has 0 spiro atoms. The van der Waals surface area contributed by atoms with Crippen molar-refractivity contribution >= 4 is 16.9 Å². The number of ether oxygens (including phenoxy) is 1. The van der Waals surface area contributed by atoms with Gasteiger partial charge >= 0.3 is 0 Å². The van der Waals surface area contributed by atoms with E-state index in [2.05, 4.69) is 9.97 Å². The second-order valence-corrected chi connectivity index (χ2v) is 4.19. The summed E-state index contributed by atoms with van der Waals surface area (Å²) < 4.78 is 5.26. The quantitative estimate of drug-likeness (QED) is 0.765. The van der Waals surface area contributed by atoms with Crippen molar-refractivity contribution in [3.63, 3.8) is 0 Å². The highest BCUT2D eigenvalue weighted by molar-refractivity contribution is 5.80. The van der Waals surface area contributed by atoms with Crippen molar-refractivity contribution in [1.29, 1.82) is 0 Å². The van der Waals surface area contributed by atoms with Gasteiger partial charge in [-0.05, 0) is 18.2 Å². The zero-order chi connectivity index (χ0) is 12.5. The van der Waals surface area contributed by atoms with Crippen LogP contribution in [0.4, 0.5) is 5.95 Å². The van der Waals surface area contributed by atoms with Crippen molar-refractivity contribution in [1.82, 2.24) is 9.97 Å². The Morgan fingerprint density at radius 3 is 2.89 bits per heavy atom. The molecule has 0 amide bonds. The molecule has 2 aromatic rings. The maximum absolute atomic E-state index is 11.9. The van der Waals surface area contributed by atoms with E-state index >= 15 is 0 Å². The number of hydrogen-bond acceptors (Lipinski definition) is 5. The van der Waals surface area contributed by atoms with Gasteiger partial charge in [-0.3, -0.25) is 9.78 Å². The van der Waals surface area contributed by atoms with E-state index in [1.165, 1.54) is 12.1 Å². The molecule has 2 heterocycles. The molecule has 94 valence electrons. The maximum Gasteiger partial charge on any atom is 0.260 e. The van der Waals surface area contributed by atoms with E-state index in [4.69, 9.17) is 4.74 Å². The lowest BCUT2D eigenvalue weighted by molar-refractivity contribution is 0.122. The predicted molar refractivity (Wildman–Crippen MR) is 67.1 cm³/mol. The highest BCUT2D eigenvalue weighted by Crippen LogP contribution is 2.17. The first-order chi connectivity index (χ1) is 8.74. The molecule has 1 fully saturated rings. The van der Waals surface area contributed by atoms with Crippen molar-refractivity contribution in [2.75, 3.05) is 31.2 Å². The zero-order valence-electron chi connectivity index (χ0n) is 9.72. The number of aromatic amines is 1. The van der Waals surface area contributed by atoms with Gasteiger partial charge in [0.1, 0.15) is 5.75 Å². The molecule has 6 heteroatoms. The number of aromatic hydroxyl groups is 1. The fraction of sp³-hybridized carbons (Fsp3) is 0.333. The average Bonchev–Trinajstić information content (AvgIpc) is 2.40. The number of phenolic OH excluding ortho intramolecular Hbond substituents is 1. The van der Waals surface area contributed by atoms with Gasteiger partial charge in [-0.2, -0.15) is 0 Å². The Bertz CT molecular complexity index is 632. The fourth-order valence-corrected chi connectivity index (χ4v) is 2.04. The van der Waals surface area contributed by atoms with Crippen LogP contribution >= 0.6 is 0 Å². The van der Waals surface area contributed by atoms with Crippen LogP contribution in [0, 0.1) is 0 Å². The third-order valence-corrected chi connectivity index (χ3v) is 2.99. The van der Waals surface area contributed by atoms with Crippen LogP contribution in [0.2, 0.25) is 0 Å². The molecule has 1 saturated heterocycles. The normalized spacial score (nSPS) is 16.1. The zero-order valence-corrected chi connectivity index (χ0v) is 9.72. The number of hydrogen-bond donors (Lipinski definition) is 2. The monoisotopic (exact) mass is 247 g/mol. The molecular weight excluding hydrogens is 234 g/mol. The molecule has 0 atom stereocenters. The Hall–Kier alpha value is -2.08. The Balaban J connectivity index is 2.09. The molecule has 0 aliphatic carbocycles. The van der Waals surface area contributed by atoms with Crippen LogP contribution in [0.15, 0.2) is 23.0 Å². The van der Waals surface area contributed by atoms with Gasteiger partial charge in [0.05, 0.1) is 24.1 Å². The average molecular weight is 247 g/mol. The largest absolute Gasteiger partial charge is 0.508 e. The van der Waals surface area contributed by atoms with E-state index in [0.717, 1.165) is 0 Å². The number of rotatable bonds is 1. The lowest BCUT2D eigenvalue weighted by atomic mass is 10.2. The molecule has 1 aromatic carbocycles. The number of anilines is 1. The highest BCUT2D eigenvalue weighted by Gasteiger charge is 2.14. The number of nitrogens with one attached hydrogen (secondary N) is 1. The second kappa shape index (κ2) is 4.30. The van der Waals surface area contributed by atoms with E-state index < -0.39 is 0 Å². The summed E-state index contributed by atoms with van der Waals surface area (Å²) in [5.74, 6) is 0.621. The van der Waals surface area contributed by atoms with Crippen LogP contribution in [-0.2, 0) is 4.74 Å². The van der Waals surface area contributed by atoms with Crippen LogP contribution < -0.4 is 10.5 Å². The summed E-state index contributed by atoms with van der Waals surface area (Å²) >= 11 is 0. The van der Waals surface area contributed by atoms with Crippen LogP contribution in [-0.4, -0.2) is 41.4 Å². The number of benzene rings is 1. The number of H-pyrrole nitrogens is 1. The van der Waals surface area contributed by atoms with Gasteiger partial charge < -0.3 is 14.7 Å². The first-order valence-electron chi connectivity index (χ1n) is 5.80. The molecule has 3 rings (SSSR count). The van der Waals surface area contributed by atoms with E-state index in [0.29, 0.717) is 43.2 Å². The molecule has 18 heavy (non-hydrogen) atoms. The predicted octanol–water partition coefficient (Wildman–Crippen LogP) is 0.465. The summed E-state index contributed by atoms with van der Waals surface area (Å²) in [5, 5.41) is 9.76. The molecule has 6 nitrogen and oxygen atoms in total. The van der Waals surface area contributed by atoms with Crippen molar-refractivity contribution in [3.05, 3.63) is 28.6 Å². The first-order valence-corrected chi connectivity index (χ1v) is 5.80. The Kier molecular flexibility index (Phi) is 2.64. The van der Waals surface area contributed by atoms with Gasteiger partial charge in [-0.25, -0.2) is 4.98 Å². The van der Waals surface area contributed by atoms with Gasteiger partial charge in [0.2, 0.25) is 5.95 Å². The molecule has 0 saturated carbocycles. The standard InChI is InChI=1S/C12H13N3O3/c16-8-1-2-10-9(7-8)11(17)14-12(13-10)15-3-5-18-6-4-15/h1-2,7,16H,3-6H2,(H,13,14,17). The van der Waals surface area contributed by atoms with E-state index in [1.807, 2.05) is 4.90 Å². The van der Waals surface area contributed by atoms with Gasteiger partial charge in [-0.1, -0.05) is 0 Å². The van der Waals surface area contributed by atoms with Gasteiger partial charge in [0, 0.05) is 13.1 Å². The highest BCUT2D eigenvalue weighted by atomic mass is 16.5. The number of morpholine rings is 1. The minimum atomic E-state index is -0.239. The van der Waals surface area contributed by atoms with E-state index in [1.54, 1.807) is 6.07 Å². The Morgan fingerprint density at radius 1 is 1.33 bits per heavy atom. The summed E-state index contributed by atoms with van der Waals surface area (Å²) in [6.07, 6.45) is 0. The van der Waals surface area contributed by atoms with Crippen LogP contribution in [0.3, 0.4) is 0 Å². The molecule has 1 aliphatic rings. The van der Waals surface area contributed by atoms with Crippen LogP contribution in [0.1, 0.15) is 0 Å². The molecule has 1 aromatic heterocycles. The summed E-state index contributed by atoms with van der Waals surface area (Å²) in [4.78, 5) is 21.1. The van der Waals surface area contributed by atoms with Crippen molar-refractivity contribution in [3.8, 4) is 5.75 Å². The molecule has 1 aliphatic heterocycles. The minimum absolute atomic E-state index is 0.0638. The topological polar surface area (TPSA) is 78.5 Å². The Labute approximate surface area is 103 Å². The third-order valence-electron chi connectivity index (χ3n) is 2.99. The first kappa shape index (κ1) is 11.0. The number of nitrogens with zero attached hydrogens (tertiary/aromatic N) is 2. The van der Waals surface area contributed by atoms with Crippen LogP contribution in [0.5, 0.6) is 5.75 Å². The lowest BCUT2D eigenvalue weighted by Gasteiger charge is -2.27. The van der Waals surface area contributed by atoms with Gasteiger partial charge in [0.15, 0.2) is 0 Å². The van der Waals surface area contributed by atoms with Crippen molar-refractivity contribution in [2.24, 2.45) is 0 Å². The summed E-state index contributed by atoms with van der Waals surface area (Å²) in [6, 6.07) is 4.59. The van der Waals surface area contributed by atoms with Gasteiger partial charge in [-0.15, -0.1) is 0 Å². The number of aromatic nitrogens is 2. The van der Waals surface area contributed by atoms with E-state index in [-0.39, 0.29) is 11.3 Å². The molecular formula is C12H13N3O3. The summed E-state index contributed by atoms with van der Waals surface area (Å²) in [5.41, 5.74) is 0.343. The number of phenols is 1.